The van der Waals surface area contributed by atoms with Crippen LogP contribution in [0, 0.1) is 0 Å². The van der Waals surface area contributed by atoms with Gasteiger partial charge in [0.1, 0.15) is 0 Å². The summed E-state index contributed by atoms with van der Waals surface area (Å²) in [5, 5.41) is 8.55. The fourth-order valence-electron chi connectivity index (χ4n) is 0.846. The van der Waals surface area contributed by atoms with Crippen LogP contribution in [0.2, 0.25) is 0 Å². The first-order valence-electron chi connectivity index (χ1n) is 4.06. The molecular formula is C10H20OPb. The van der Waals surface area contributed by atoms with Gasteiger partial charge in [-0.3, -0.25) is 0 Å². The van der Waals surface area contributed by atoms with E-state index in [2.05, 4.69) is 26.8 Å². The topological polar surface area (TPSA) is 20.2 Å². The van der Waals surface area contributed by atoms with Crippen LogP contribution in [0.15, 0.2) is 23.3 Å². The molecule has 0 spiro atoms. The average molecular weight is 363 g/mol. The Bertz CT molecular complexity index is 155. The first-order valence-corrected chi connectivity index (χ1v) is 4.06. The van der Waals surface area contributed by atoms with E-state index in [1.165, 1.54) is 11.1 Å². The molecule has 2 heteroatoms. The van der Waals surface area contributed by atoms with Gasteiger partial charge in [-0.1, -0.05) is 23.3 Å². The molecule has 2 radical (unpaired) electrons. The fraction of sp³-hybridized carbons (Fsp3) is 0.600. The van der Waals surface area contributed by atoms with Crippen molar-refractivity contribution in [1.29, 1.82) is 0 Å². The van der Waals surface area contributed by atoms with Crippen LogP contribution < -0.4 is 0 Å². The third-order valence-corrected chi connectivity index (χ3v) is 1.53. The molecule has 0 aliphatic rings. The second-order valence-corrected chi connectivity index (χ2v) is 3.05. The van der Waals surface area contributed by atoms with Gasteiger partial charge in [-0.2, -0.15) is 0 Å². The maximum absolute atomic E-state index is 8.55. The minimum atomic E-state index is 0. The van der Waals surface area contributed by atoms with Crippen LogP contribution in [-0.2, 0) is 0 Å². The Morgan fingerprint density at radius 1 is 1.17 bits per heavy atom. The first kappa shape index (κ1) is 14.9. The molecule has 0 unspecified atom stereocenters. The Balaban J connectivity index is 0. The zero-order valence-electron chi connectivity index (χ0n) is 8.43. The predicted molar refractivity (Wildman–Crippen MR) is 58.1 cm³/mol. The molecular weight excluding hydrogens is 343 g/mol. The molecule has 1 N–H and O–H groups in total. The van der Waals surface area contributed by atoms with Gasteiger partial charge in [0.05, 0.1) is 6.61 Å². The van der Waals surface area contributed by atoms with E-state index in [1.54, 1.807) is 0 Å². The van der Waals surface area contributed by atoms with Crippen LogP contribution in [0.3, 0.4) is 0 Å². The second-order valence-electron chi connectivity index (χ2n) is 3.05. The van der Waals surface area contributed by atoms with E-state index in [-0.39, 0.29) is 33.9 Å². The Hall–Kier alpha value is 0.362. The van der Waals surface area contributed by atoms with Crippen molar-refractivity contribution >= 4 is 27.3 Å². The fourth-order valence-corrected chi connectivity index (χ4v) is 0.846. The van der Waals surface area contributed by atoms with Gasteiger partial charge in [-0.05, 0) is 33.6 Å². The minimum absolute atomic E-state index is 0. The molecule has 0 aliphatic carbocycles. The van der Waals surface area contributed by atoms with Crippen molar-refractivity contribution in [2.45, 2.75) is 33.6 Å². The molecule has 0 aromatic heterocycles. The summed E-state index contributed by atoms with van der Waals surface area (Å²) in [5.41, 5.74) is 2.63. The van der Waals surface area contributed by atoms with Crippen LogP contribution in [0.1, 0.15) is 33.6 Å². The number of hydrogen-bond donors (Lipinski definition) is 1. The molecule has 0 aliphatic heterocycles. The quantitative estimate of drug-likeness (QED) is 0.596. The van der Waals surface area contributed by atoms with E-state index in [4.69, 9.17) is 5.11 Å². The molecule has 1 nitrogen and oxygen atoms in total. The molecule has 0 aromatic carbocycles. The van der Waals surface area contributed by atoms with Crippen LogP contribution in [0.5, 0.6) is 0 Å². The third-order valence-electron chi connectivity index (χ3n) is 1.53. The molecule has 0 heterocycles. The third kappa shape index (κ3) is 10.4. The van der Waals surface area contributed by atoms with Crippen LogP contribution in [0.4, 0.5) is 0 Å². The van der Waals surface area contributed by atoms with E-state index >= 15 is 0 Å². The number of rotatable bonds is 4. The number of hydrogen-bond acceptors (Lipinski definition) is 1. The van der Waals surface area contributed by atoms with Crippen molar-refractivity contribution in [3.63, 3.8) is 0 Å². The van der Waals surface area contributed by atoms with Gasteiger partial charge in [0, 0.05) is 0 Å². The Morgan fingerprint density at radius 2 is 1.75 bits per heavy atom. The van der Waals surface area contributed by atoms with Gasteiger partial charge >= 0.3 is 27.3 Å². The van der Waals surface area contributed by atoms with Crippen molar-refractivity contribution in [1.82, 2.24) is 0 Å². The molecule has 0 saturated carbocycles. The molecule has 70 valence electrons. The van der Waals surface area contributed by atoms with Gasteiger partial charge in [-0.25, -0.2) is 0 Å². The van der Waals surface area contributed by atoms with Crippen molar-refractivity contribution in [3.05, 3.63) is 23.3 Å². The maximum atomic E-state index is 8.55. The first-order chi connectivity index (χ1) is 5.16. The van der Waals surface area contributed by atoms with Crippen molar-refractivity contribution in [3.8, 4) is 0 Å². The van der Waals surface area contributed by atoms with Crippen molar-refractivity contribution in [2.75, 3.05) is 6.61 Å². The molecule has 0 saturated heterocycles. The molecule has 0 bridgehead atoms. The van der Waals surface area contributed by atoms with Gasteiger partial charge in [0.25, 0.3) is 0 Å². The zero-order valence-corrected chi connectivity index (χ0v) is 13.9. The summed E-state index contributed by atoms with van der Waals surface area (Å²) in [4.78, 5) is 0. The Kier molecular flexibility index (Phi) is 11.7. The summed E-state index contributed by atoms with van der Waals surface area (Å²) in [5.74, 6) is 0. The van der Waals surface area contributed by atoms with Crippen LogP contribution >= 0.6 is 0 Å². The van der Waals surface area contributed by atoms with Gasteiger partial charge < -0.3 is 5.11 Å². The summed E-state index contributed by atoms with van der Waals surface area (Å²) in [6, 6.07) is 0. The molecule has 0 amide bonds. The van der Waals surface area contributed by atoms with E-state index in [0.717, 1.165) is 12.8 Å². The average Bonchev–Trinajstić information content (AvgIpc) is 1.87. The van der Waals surface area contributed by atoms with Crippen molar-refractivity contribution in [2.24, 2.45) is 0 Å². The van der Waals surface area contributed by atoms with E-state index in [9.17, 15) is 0 Å². The summed E-state index contributed by atoms with van der Waals surface area (Å²) in [7, 11) is 0. The SMILES string of the molecule is CC(C)=CCC/C(C)=C\CO.[PbH2]. The monoisotopic (exact) mass is 364 g/mol. The zero-order chi connectivity index (χ0) is 8.69. The number of aliphatic hydroxyl groups is 1. The molecule has 0 rings (SSSR count). The van der Waals surface area contributed by atoms with Crippen molar-refractivity contribution < 1.29 is 5.11 Å². The van der Waals surface area contributed by atoms with Gasteiger partial charge in [0.15, 0.2) is 0 Å². The summed E-state index contributed by atoms with van der Waals surface area (Å²) in [6.07, 6.45) is 6.23. The Morgan fingerprint density at radius 3 is 2.17 bits per heavy atom. The normalized spacial score (nSPS) is 10.5. The second kappa shape index (κ2) is 9.45. The van der Waals surface area contributed by atoms with Crippen LogP contribution in [0.25, 0.3) is 0 Å². The molecule has 0 atom stereocenters. The number of allylic oxidation sites excluding steroid dienone is 3. The summed E-state index contributed by atoms with van der Waals surface area (Å²) in [6.45, 7) is 6.42. The van der Waals surface area contributed by atoms with Crippen LogP contribution in [-0.4, -0.2) is 39.0 Å². The van der Waals surface area contributed by atoms with E-state index < -0.39 is 0 Å². The Labute approximate surface area is 95.7 Å². The molecule has 12 heavy (non-hydrogen) atoms. The molecule has 0 fully saturated rings. The summed E-state index contributed by atoms with van der Waals surface area (Å²) < 4.78 is 0. The van der Waals surface area contributed by atoms with E-state index in [1.807, 2.05) is 6.08 Å². The van der Waals surface area contributed by atoms with E-state index in [0.29, 0.717) is 0 Å². The predicted octanol–water partition coefficient (Wildman–Crippen LogP) is 1.76. The number of aliphatic hydroxyl groups excluding tert-OH is 1. The van der Waals surface area contributed by atoms with Gasteiger partial charge in [0.2, 0.25) is 0 Å². The van der Waals surface area contributed by atoms with Gasteiger partial charge in [-0.15, -0.1) is 0 Å². The summed E-state index contributed by atoms with van der Waals surface area (Å²) >= 11 is 0. The standard InChI is InChI=1S/C10H18O.Pb.2H/c1-9(2)5-4-6-10(3)7-8-11;;;/h5,7,11H,4,6,8H2,1-3H3;;;/b10-7-;;;. The molecule has 0 aromatic rings.